The molecule has 0 aliphatic rings. The highest BCUT2D eigenvalue weighted by molar-refractivity contribution is 6.74. The molecule has 120 valence electrons. The molecular weight excluding hydrogens is 299 g/mol. The number of aromatic nitrogens is 2. The lowest BCUT2D eigenvalue weighted by molar-refractivity contribution is 0.276. The van der Waals surface area contributed by atoms with Crippen molar-refractivity contribution in [3.8, 4) is 0 Å². The lowest BCUT2D eigenvalue weighted by Gasteiger charge is -2.36. The predicted molar refractivity (Wildman–Crippen MR) is 89.0 cm³/mol. The summed E-state index contributed by atoms with van der Waals surface area (Å²) in [6, 6.07) is 1.74. The largest absolute Gasteiger partial charge is 0.413 e. The third-order valence-corrected chi connectivity index (χ3v) is 8.95. The zero-order valence-electron chi connectivity index (χ0n) is 14.0. The minimum Gasteiger partial charge on any atom is -0.413 e. The summed E-state index contributed by atoms with van der Waals surface area (Å²) in [6.07, 6.45) is 1.61. The molecule has 0 aromatic carbocycles. The maximum absolute atomic E-state index is 14.0. The van der Waals surface area contributed by atoms with Crippen molar-refractivity contribution in [1.29, 1.82) is 0 Å². The molecular formula is C16H23FN2O2Si. The third-order valence-electron chi connectivity index (χ3n) is 4.48. The second-order valence-corrected chi connectivity index (χ2v) is 12.0. The number of nitrogens with one attached hydrogen (secondary N) is 1. The van der Waals surface area contributed by atoms with E-state index in [0.717, 1.165) is 5.56 Å². The zero-order chi connectivity index (χ0) is 16.7. The van der Waals surface area contributed by atoms with E-state index in [1.54, 1.807) is 12.3 Å². The maximum atomic E-state index is 14.0. The number of rotatable bonds is 3. The van der Waals surface area contributed by atoms with Gasteiger partial charge < -0.3 is 9.41 Å². The van der Waals surface area contributed by atoms with E-state index >= 15 is 0 Å². The molecule has 6 heteroatoms. The molecule has 0 aliphatic carbocycles. The Labute approximate surface area is 130 Å². The van der Waals surface area contributed by atoms with Crippen LogP contribution in [-0.4, -0.2) is 18.3 Å². The number of aromatic amines is 1. The smallest absolute Gasteiger partial charge is 0.254 e. The van der Waals surface area contributed by atoms with Gasteiger partial charge in [0.25, 0.3) is 5.56 Å². The van der Waals surface area contributed by atoms with Gasteiger partial charge in [-0.25, -0.2) is 4.39 Å². The van der Waals surface area contributed by atoms with Crippen molar-refractivity contribution >= 4 is 19.4 Å². The summed E-state index contributed by atoms with van der Waals surface area (Å²) in [7, 11) is -1.86. The molecule has 0 spiro atoms. The monoisotopic (exact) mass is 322 g/mol. The second kappa shape index (κ2) is 5.59. The van der Waals surface area contributed by atoms with Crippen LogP contribution < -0.4 is 5.56 Å². The van der Waals surface area contributed by atoms with Gasteiger partial charge in [0.15, 0.2) is 14.1 Å². The van der Waals surface area contributed by atoms with E-state index < -0.39 is 19.7 Å². The quantitative estimate of drug-likeness (QED) is 0.872. The molecule has 2 aromatic heterocycles. The van der Waals surface area contributed by atoms with Gasteiger partial charge in [-0.1, -0.05) is 20.8 Å². The average Bonchev–Trinajstić information content (AvgIpc) is 2.41. The first-order valence-electron chi connectivity index (χ1n) is 7.34. The van der Waals surface area contributed by atoms with Gasteiger partial charge in [0.05, 0.1) is 17.7 Å². The lowest BCUT2D eigenvalue weighted by atomic mass is 10.2. The first-order valence-corrected chi connectivity index (χ1v) is 10.2. The van der Waals surface area contributed by atoms with Crippen LogP contribution in [0.5, 0.6) is 0 Å². The van der Waals surface area contributed by atoms with Crippen LogP contribution in [0, 0.1) is 12.7 Å². The summed E-state index contributed by atoms with van der Waals surface area (Å²) in [5.41, 5.74) is 1.06. The van der Waals surface area contributed by atoms with Crippen LogP contribution in [-0.2, 0) is 11.0 Å². The van der Waals surface area contributed by atoms with Gasteiger partial charge in [0.1, 0.15) is 5.52 Å². The Morgan fingerprint density at radius 2 is 2.00 bits per heavy atom. The molecule has 2 heterocycles. The first kappa shape index (κ1) is 16.8. The highest BCUT2D eigenvalue weighted by Gasteiger charge is 2.37. The van der Waals surface area contributed by atoms with E-state index in [1.807, 2.05) is 0 Å². The lowest BCUT2D eigenvalue weighted by Crippen LogP contribution is -2.40. The van der Waals surface area contributed by atoms with Gasteiger partial charge in [-0.2, -0.15) is 0 Å². The van der Waals surface area contributed by atoms with E-state index in [4.69, 9.17) is 4.43 Å². The molecule has 0 saturated carbocycles. The Hall–Kier alpha value is -1.53. The average molecular weight is 322 g/mol. The predicted octanol–water partition coefficient (Wildman–Crippen LogP) is 3.89. The summed E-state index contributed by atoms with van der Waals surface area (Å²) in [5.74, 6) is -0.560. The van der Waals surface area contributed by atoms with Crippen molar-refractivity contribution in [1.82, 2.24) is 9.97 Å². The van der Waals surface area contributed by atoms with E-state index in [2.05, 4.69) is 43.8 Å². The number of hydrogen-bond donors (Lipinski definition) is 1. The number of pyridine rings is 2. The third kappa shape index (κ3) is 3.12. The van der Waals surface area contributed by atoms with Crippen molar-refractivity contribution in [2.24, 2.45) is 0 Å². The van der Waals surface area contributed by atoms with Crippen molar-refractivity contribution in [2.75, 3.05) is 0 Å². The topological polar surface area (TPSA) is 55.0 Å². The Morgan fingerprint density at radius 1 is 1.36 bits per heavy atom. The summed E-state index contributed by atoms with van der Waals surface area (Å²) < 4.78 is 20.1. The number of H-pyrrole nitrogens is 1. The molecule has 0 bridgehead atoms. The molecule has 22 heavy (non-hydrogen) atoms. The fourth-order valence-corrected chi connectivity index (χ4v) is 2.79. The summed E-state index contributed by atoms with van der Waals surface area (Å²) in [6.45, 7) is 12.7. The van der Waals surface area contributed by atoms with Gasteiger partial charge >= 0.3 is 0 Å². The van der Waals surface area contributed by atoms with Crippen molar-refractivity contribution in [3.63, 3.8) is 0 Å². The van der Waals surface area contributed by atoms with Crippen LogP contribution in [0.2, 0.25) is 18.1 Å². The summed E-state index contributed by atoms with van der Waals surface area (Å²) >= 11 is 0. The molecule has 0 fully saturated rings. The fourth-order valence-electron chi connectivity index (χ4n) is 1.83. The standard InChI is InChI=1S/C16H23FN2O2Si/c1-10-13(17)14-12(19-15(10)20)7-11(8-18-14)9-21-22(5,6)16(2,3)4/h7-8H,9H2,1-6H3,(H,19,20). The number of hydrogen-bond acceptors (Lipinski definition) is 3. The van der Waals surface area contributed by atoms with Gasteiger partial charge in [0.2, 0.25) is 0 Å². The number of fused-ring (bicyclic) bond motifs is 1. The molecule has 0 amide bonds. The van der Waals surface area contributed by atoms with Crippen molar-refractivity contribution in [3.05, 3.63) is 39.6 Å². The van der Waals surface area contributed by atoms with Gasteiger partial charge in [0, 0.05) is 6.20 Å². The molecule has 0 unspecified atom stereocenters. The second-order valence-electron chi connectivity index (χ2n) is 7.18. The van der Waals surface area contributed by atoms with E-state index in [9.17, 15) is 9.18 Å². The number of halogens is 1. The summed E-state index contributed by atoms with van der Waals surface area (Å²) in [4.78, 5) is 18.5. The van der Waals surface area contributed by atoms with Crippen molar-refractivity contribution in [2.45, 2.75) is 52.4 Å². The SMILES string of the molecule is Cc1c(F)c2ncc(CO[Si](C)(C)C(C)(C)C)cc2[nH]c1=O. The van der Waals surface area contributed by atoms with Gasteiger partial charge in [-0.3, -0.25) is 9.78 Å². The Morgan fingerprint density at radius 3 is 2.59 bits per heavy atom. The van der Waals surface area contributed by atoms with E-state index in [0.29, 0.717) is 12.1 Å². The Balaban J connectivity index is 2.32. The normalized spacial score (nSPS) is 12.9. The van der Waals surface area contributed by atoms with Gasteiger partial charge in [-0.15, -0.1) is 0 Å². The molecule has 2 aromatic rings. The molecule has 2 rings (SSSR count). The van der Waals surface area contributed by atoms with Crippen LogP contribution >= 0.6 is 0 Å². The highest BCUT2D eigenvalue weighted by Crippen LogP contribution is 2.37. The van der Waals surface area contributed by atoms with Crippen molar-refractivity contribution < 1.29 is 8.82 Å². The fraction of sp³-hybridized carbons (Fsp3) is 0.500. The van der Waals surface area contributed by atoms with E-state index in [-0.39, 0.29) is 16.1 Å². The Bertz CT molecular complexity index is 763. The van der Waals surface area contributed by atoms with Crippen LogP contribution in [0.3, 0.4) is 0 Å². The molecule has 0 atom stereocenters. The van der Waals surface area contributed by atoms with E-state index in [1.165, 1.54) is 6.92 Å². The first-order chi connectivity index (χ1) is 10.0. The van der Waals surface area contributed by atoms with Crippen LogP contribution in [0.4, 0.5) is 4.39 Å². The Kier molecular flexibility index (Phi) is 4.28. The minimum absolute atomic E-state index is 0.0604. The molecule has 1 N–H and O–H groups in total. The molecule has 0 radical (unpaired) electrons. The highest BCUT2D eigenvalue weighted by atomic mass is 28.4. The molecule has 0 saturated heterocycles. The maximum Gasteiger partial charge on any atom is 0.254 e. The van der Waals surface area contributed by atoms with Gasteiger partial charge in [-0.05, 0) is 36.7 Å². The zero-order valence-corrected chi connectivity index (χ0v) is 15.0. The van der Waals surface area contributed by atoms with Crippen LogP contribution in [0.15, 0.2) is 17.1 Å². The minimum atomic E-state index is -1.86. The molecule has 0 aliphatic heterocycles. The summed E-state index contributed by atoms with van der Waals surface area (Å²) in [5, 5.41) is 0.120. The van der Waals surface area contributed by atoms with Crippen LogP contribution in [0.25, 0.3) is 11.0 Å². The molecule has 4 nitrogen and oxygen atoms in total. The van der Waals surface area contributed by atoms with Crippen LogP contribution in [0.1, 0.15) is 31.9 Å². The number of nitrogens with zero attached hydrogens (tertiary/aromatic N) is 1.